The van der Waals surface area contributed by atoms with Gasteiger partial charge in [0.1, 0.15) is 6.04 Å². The molecule has 0 radical (unpaired) electrons. The Labute approximate surface area is 166 Å². The molecular formula is C20H21BrN2O4. The van der Waals surface area contributed by atoms with Crippen LogP contribution in [0.3, 0.4) is 0 Å². The summed E-state index contributed by atoms with van der Waals surface area (Å²) in [5.74, 6) is -1.10. The largest absolute Gasteiger partial charge is 0.467 e. The van der Waals surface area contributed by atoms with E-state index >= 15 is 0 Å². The molecule has 6 nitrogen and oxygen atoms in total. The molecule has 0 aliphatic rings. The van der Waals surface area contributed by atoms with Crippen molar-refractivity contribution in [3.05, 3.63) is 70.2 Å². The fourth-order valence-corrected chi connectivity index (χ4v) is 2.71. The predicted molar refractivity (Wildman–Crippen MR) is 105 cm³/mol. The number of ether oxygens (including phenoxy) is 1. The van der Waals surface area contributed by atoms with Crippen molar-refractivity contribution in [3.8, 4) is 0 Å². The van der Waals surface area contributed by atoms with Crippen LogP contribution in [0.25, 0.3) is 0 Å². The van der Waals surface area contributed by atoms with Gasteiger partial charge in [-0.15, -0.1) is 0 Å². The smallest absolute Gasteiger partial charge is 0.328 e. The average molecular weight is 433 g/mol. The van der Waals surface area contributed by atoms with Crippen molar-refractivity contribution in [2.24, 2.45) is 0 Å². The lowest BCUT2D eigenvalue weighted by Crippen LogP contribution is -2.44. The second-order valence-corrected chi connectivity index (χ2v) is 6.76. The number of carbonyl (C=O) groups excluding carboxylic acids is 3. The molecule has 2 aromatic carbocycles. The molecule has 0 heterocycles. The minimum Gasteiger partial charge on any atom is -0.467 e. The highest BCUT2D eigenvalue weighted by atomic mass is 79.9. The maximum atomic E-state index is 12.2. The molecule has 0 saturated carbocycles. The Kier molecular flexibility index (Phi) is 8.00. The van der Waals surface area contributed by atoms with Gasteiger partial charge in [0.15, 0.2) is 0 Å². The highest BCUT2D eigenvalue weighted by molar-refractivity contribution is 9.10. The summed E-state index contributed by atoms with van der Waals surface area (Å²) in [5, 5.41) is 5.35. The topological polar surface area (TPSA) is 84.5 Å². The van der Waals surface area contributed by atoms with Crippen LogP contribution in [0, 0.1) is 0 Å². The van der Waals surface area contributed by atoms with Crippen molar-refractivity contribution in [2.45, 2.75) is 18.9 Å². The quantitative estimate of drug-likeness (QED) is 0.627. The summed E-state index contributed by atoms with van der Waals surface area (Å²) in [5.41, 5.74) is 1.42. The van der Waals surface area contributed by atoms with E-state index in [1.165, 1.54) is 7.11 Å². The third-order valence-electron chi connectivity index (χ3n) is 3.85. The summed E-state index contributed by atoms with van der Waals surface area (Å²) in [6.07, 6.45) is 0.398. The maximum absolute atomic E-state index is 12.2. The standard InChI is InChI=1S/C20H21BrN2O4/c1-27-20(26)17(13-14-5-3-2-4-6-14)23-18(24)11-12-22-19(25)15-7-9-16(21)10-8-15/h2-10,17H,11-13H2,1H3,(H,22,25)(H,23,24)/t17-/m0/s1. The van der Waals surface area contributed by atoms with Crippen LogP contribution in [-0.2, 0) is 20.7 Å². The van der Waals surface area contributed by atoms with Gasteiger partial charge in [-0.1, -0.05) is 46.3 Å². The van der Waals surface area contributed by atoms with Gasteiger partial charge in [-0.3, -0.25) is 9.59 Å². The molecule has 0 aromatic heterocycles. The minimum absolute atomic E-state index is 0.0601. The Hall–Kier alpha value is -2.67. The monoisotopic (exact) mass is 432 g/mol. The second-order valence-electron chi connectivity index (χ2n) is 5.85. The van der Waals surface area contributed by atoms with Crippen LogP contribution in [0.4, 0.5) is 0 Å². The third-order valence-corrected chi connectivity index (χ3v) is 4.38. The third kappa shape index (κ3) is 6.86. The molecule has 2 N–H and O–H groups in total. The normalized spacial score (nSPS) is 11.3. The van der Waals surface area contributed by atoms with Crippen LogP contribution in [0.1, 0.15) is 22.3 Å². The van der Waals surface area contributed by atoms with Gasteiger partial charge in [-0.25, -0.2) is 4.79 Å². The van der Waals surface area contributed by atoms with E-state index in [9.17, 15) is 14.4 Å². The zero-order chi connectivity index (χ0) is 19.6. The number of carbonyl (C=O) groups is 3. The summed E-state index contributed by atoms with van der Waals surface area (Å²) in [6.45, 7) is 0.167. The molecular weight excluding hydrogens is 412 g/mol. The van der Waals surface area contributed by atoms with Crippen LogP contribution >= 0.6 is 15.9 Å². The van der Waals surface area contributed by atoms with Gasteiger partial charge in [0.25, 0.3) is 5.91 Å². The first kappa shape index (κ1) is 20.6. The van der Waals surface area contributed by atoms with Gasteiger partial charge in [0.2, 0.25) is 5.91 Å². The van der Waals surface area contributed by atoms with Crippen molar-refractivity contribution in [1.29, 1.82) is 0 Å². The number of hydrogen-bond acceptors (Lipinski definition) is 4. The van der Waals surface area contributed by atoms with Gasteiger partial charge >= 0.3 is 5.97 Å². The van der Waals surface area contributed by atoms with Crippen molar-refractivity contribution in [1.82, 2.24) is 10.6 Å². The van der Waals surface area contributed by atoms with Gasteiger partial charge in [-0.2, -0.15) is 0 Å². The lowest BCUT2D eigenvalue weighted by atomic mass is 10.1. The van der Waals surface area contributed by atoms with Crippen LogP contribution in [0.5, 0.6) is 0 Å². The van der Waals surface area contributed by atoms with Gasteiger partial charge < -0.3 is 15.4 Å². The Morgan fingerprint density at radius 1 is 1.04 bits per heavy atom. The molecule has 2 rings (SSSR count). The Bertz CT molecular complexity index is 778. The summed E-state index contributed by atoms with van der Waals surface area (Å²) in [4.78, 5) is 36.1. The van der Waals surface area contributed by atoms with E-state index in [4.69, 9.17) is 4.74 Å². The molecule has 1 atom stereocenters. The number of halogens is 1. The van der Waals surface area contributed by atoms with Crippen molar-refractivity contribution in [2.75, 3.05) is 13.7 Å². The highest BCUT2D eigenvalue weighted by Crippen LogP contribution is 2.10. The molecule has 0 bridgehead atoms. The van der Waals surface area contributed by atoms with E-state index in [2.05, 4.69) is 26.6 Å². The van der Waals surface area contributed by atoms with Crippen LogP contribution in [0.2, 0.25) is 0 Å². The molecule has 0 fully saturated rings. The molecule has 0 saturated heterocycles. The molecule has 2 aromatic rings. The lowest BCUT2D eigenvalue weighted by Gasteiger charge is -2.16. The van der Waals surface area contributed by atoms with Crippen molar-refractivity contribution < 1.29 is 19.1 Å². The van der Waals surface area contributed by atoms with E-state index < -0.39 is 12.0 Å². The SMILES string of the molecule is COC(=O)[C@H](Cc1ccccc1)NC(=O)CCNC(=O)c1ccc(Br)cc1. The number of rotatable bonds is 8. The number of nitrogens with one attached hydrogen (secondary N) is 2. The fraction of sp³-hybridized carbons (Fsp3) is 0.250. The van der Waals surface area contributed by atoms with Gasteiger partial charge in [0.05, 0.1) is 7.11 Å². The number of benzene rings is 2. The molecule has 27 heavy (non-hydrogen) atoms. The Morgan fingerprint density at radius 2 is 1.70 bits per heavy atom. The average Bonchev–Trinajstić information content (AvgIpc) is 2.68. The predicted octanol–water partition coefficient (Wildman–Crippen LogP) is 2.47. The second kappa shape index (κ2) is 10.5. The van der Waals surface area contributed by atoms with Gasteiger partial charge in [-0.05, 0) is 29.8 Å². The van der Waals surface area contributed by atoms with E-state index in [-0.39, 0.29) is 24.8 Å². The molecule has 0 aliphatic heterocycles. The minimum atomic E-state index is -0.771. The van der Waals surface area contributed by atoms with Crippen LogP contribution in [-0.4, -0.2) is 37.5 Å². The van der Waals surface area contributed by atoms with E-state index in [1.807, 2.05) is 30.3 Å². The molecule has 7 heteroatoms. The first-order valence-electron chi connectivity index (χ1n) is 8.44. The Morgan fingerprint density at radius 3 is 2.33 bits per heavy atom. The molecule has 2 amide bonds. The number of amides is 2. The lowest BCUT2D eigenvalue weighted by molar-refractivity contribution is -0.145. The zero-order valence-corrected chi connectivity index (χ0v) is 16.5. The maximum Gasteiger partial charge on any atom is 0.328 e. The number of esters is 1. The molecule has 0 spiro atoms. The summed E-state index contributed by atoms with van der Waals surface area (Å²) < 4.78 is 5.65. The summed E-state index contributed by atoms with van der Waals surface area (Å²) in [6, 6.07) is 15.5. The van der Waals surface area contributed by atoms with Crippen molar-refractivity contribution in [3.63, 3.8) is 0 Å². The molecule has 0 aliphatic carbocycles. The zero-order valence-electron chi connectivity index (χ0n) is 14.9. The number of hydrogen-bond donors (Lipinski definition) is 2. The fourth-order valence-electron chi connectivity index (χ4n) is 2.44. The highest BCUT2D eigenvalue weighted by Gasteiger charge is 2.21. The van der Waals surface area contributed by atoms with Crippen molar-refractivity contribution >= 4 is 33.7 Å². The molecule has 142 valence electrons. The number of methoxy groups -OCH3 is 1. The van der Waals surface area contributed by atoms with E-state index in [0.717, 1.165) is 10.0 Å². The first-order valence-corrected chi connectivity index (χ1v) is 9.24. The molecule has 0 unspecified atom stereocenters. The van der Waals surface area contributed by atoms with Gasteiger partial charge in [0, 0.05) is 29.4 Å². The van der Waals surface area contributed by atoms with Crippen LogP contribution < -0.4 is 10.6 Å². The first-order chi connectivity index (χ1) is 13.0. The summed E-state index contributed by atoms with van der Waals surface area (Å²) >= 11 is 3.31. The van der Waals surface area contributed by atoms with E-state index in [0.29, 0.717) is 12.0 Å². The van der Waals surface area contributed by atoms with E-state index in [1.54, 1.807) is 24.3 Å². The summed E-state index contributed by atoms with van der Waals surface area (Å²) in [7, 11) is 1.28. The Balaban J connectivity index is 1.83. The van der Waals surface area contributed by atoms with Crippen LogP contribution in [0.15, 0.2) is 59.1 Å².